The number of hydrogen-bond donors (Lipinski definition) is 1. The molecular weight excluding hydrogens is 256 g/mol. The molecule has 5 heteroatoms. The molecule has 1 aromatic rings. The Labute approximate surface area is 119 Å². The third-order valence-electron chi connectivity index (χ3n) is 3.76. The van der Waals surface area contributed by atoms with E-state index in [4.69, 9.17) is 4.74 Å². The monoisotopic (exact) mass is 278 g/mol. The zero-order valence-electron chi connectivity index (χ0n) is 11.9. The number of hydrogen-bond acceptors (Lipinski definition) is 4. The maximum Gasteiger partial charge on any atom is 0.311 e. The van der Waals surface area contributed by atoms with Crippen LogP contribution in [0, 0.1) is 10.1 Å². The first-order valence-corrected chi connectivity index (χ1v) is 7.34. The molecular formula is C15H22N2O3. The predicted molar refractivity (Wildman–Crippen MR) is 78.2 cm³/mol. The average molecular weight is 278 g/mol. The van der Waals surface area contributed by atoms with Gasteiger partial charge in [0, 0.05) is 12.1 Å². The van der Waals surface area contributed by atoms with Crippen molar-refractivity contribution in [2.75, 3.05) is 13.2 Å². The zero-order valence-corrected chi connectivity index (χ0v) is 11.9. The van der Waals surface area contributed by atoms with Gasteiger partial charge in [0.05, 0.1) is 11.5 Å². The second-order valence-electron chi connectivity index (χ2n) is 5.20. The number of aryl methyl sites for hydroxylation is 1. The van der Waals surface area contributed by atoms with Crippen molar-refractivity contribution in [3.8, 4) is 5.75 Å². The van der Waals surface area contributed by atoms with Crippen LogP contribution in [0.15, 0.2) is 18.2 Å². The number of nitrogens with one attached hydrogen (secondary N) is 1. The largest absolute Gasteiger partial charge is 0.487 e. The van der Waals surface area contributed by atoms with Crippen LogP contribution in [0.3, 0.4) is 0 Å². The van der Waals surface area contributed by atoms with E-state index < -0.39 is 0 Å². The van der Waals surface area contributed by atoms with Gasteiger partial charge in [-0.1, -0.05) is 19.4 Å². The average Bonchev–Trinajstić information content (AvgIpc) is 2.48. The van der Waals surface area contributed by atoms with Gasteiger partial charge in [-0.05, 0) is 43.9 Å². The molecule has 1 aromatic carbocycles. The fourth-order valence-corrected chi connectivity index (χ4v) is 2.53. The highest BCUT2D eigenvalue weighted by Crippen LogP contribution is 2.28. The lowest BCUT2D eigenvalue weighted by Gasteiger charge is -2.23. The van der Waals surface area contributed by atoms with Gasteiger partial charge in [0.2, 0.25) is 0 Å². The molecule has 1 saturated heterocycles. The second-order valence-corrected chi connectivity index (χ2v) is 5.20. The Bertz CT molecular complexity index is 456. The summed E-state index contributed by atoms with van der Waals surface area (Å²) in [6, 6.07) is 5.69. The predicted octanol–water partition coefficient (Wildman–Crippen LogP) is 3.07. The van der Waals surface area contributed by atoms with E-state index in [0.717, 1.165) is 24.9 Å². The Balaban J connectivity index is 1.92. The Morgan fingerprint density at radius 3 is 2.95 bits per heavy atom. The maximum atomic E-state index is 11.1. The lowest BCUT2D eigenvalue weighted by Crippen LogP contribution is -2.35. The molecule has 20 heavy (non-hydrogen) atoms. The molecule has 5 nitrogen and oxygen atoms in total. The molecule has 1 unspecified atom stereocenters. The molecule has 1 fully saturated rings. The number of ether oxygens (including phenoxy) is 1. The topological polar surface area (TPSA) is 64.4 Å². The second kappa shape index (κ2) is 7.24. The molecule has 1 atom stereocenters. The molecule has 110 valence electrons. The van der Waals surface area contributed by atoms with E-state index in [-0.39, 0.29) is 10.6 Å². The van der Waals surface area contributed by atoms with E-state index in [0.29, 0.717) is 18.4 Å². The minimum Gasteiger partial charge on any atom is -0.487 e. The van der Waals surface area contributed by atoms with Gasteiger partial charge in [-0.3, -0.25) is 10.1 Å². The number of piperidine rings is 1. The van der Waals surface area contributed by atoms with E-state index in [1.54, 1.807) is 12.1 Å². The van der Waals surface area contributed by atoms with Crippen LogP contribution in [0.5, 0.6) is 5.75 Å². The van der Waals surface area contributed by atoms with Crippen LogP contribution in [0.2, 0.25) is 0 Å². The van der Waals surface area contributed by atoms with Gasteiger partial charge in [0.25, 0.3) is 0 Å². The van der Waals surface area contributed by atoms with Crippen molar-refractivity contribution in [1.29, 1.82) is 0 Å². The number of nitro groups is 1. The molecule has 0 amide bonds. The first-order chi connectivity index (χ1) is 9.70. The van der Waals surface area contributed by atoms with Crippen LogP contribution in [0.25, 0.3) is 0 Å². The molecule has 1 aliphatic heterocycles. The van der Waals surface area contributed by atoms with Gasteiger partial charge in [0.15, 0.2) is 5.75 Å². The third kappa shape index (κ3) is 3.93. The quantitative estimate of drug-likeness (QED) is 0.641. The summed E-state index contributed by atoms with van der Waals surface area (Å²) in [6.07, 6.45) is 5.34. The summed E-state index contributed by atoms with van der Waals surface area (Å²) in [5, 5.41) is 14.5. The van der Waals surface area contributed by atoms with Gasteiger partial charge in [-0.2, -0.15) is 0 Å². The van der Waals surface area contributed by atoms with Crippen LogP contribution in [-0.4, -0.2) is 24.1 Å². The molecule has 0 saturated carbocycles. The normalized spacial score (nSPS) is 18.8. The van der Waals surface area contributed by atoms with Crippen molar-refractivity contribution in [3.05, 3.63) is 33.9 Å². The van der Waals surface area contributed by atoms with Crippen LogP contribution in [0.4, 0.5) is 5.69 Å². The first-order valence-electron chi connectivity index (χ1n) is 7.34. The zero-order chi connectivity index (χ0) is 14.4. The molecule has 0 spiro atoms. The first kappa shape index (κ1) is 14.8. The van der Waals surface area contributed by atoms with Gasteiger partial charge >= 0.3 is 5.69 Å². The van der Waals surface area contributed by atoms with Gasteiger partial charge in [0.1, 0.15) is 0 Å². The summed E-state index contributed by atoms with van der Waals surface area (Å²) in [5.74, 6) is 0.378. The van der Waals surface area contributed by atoms with Crippen molar-refractivity contribution in [1.82, 2.24) is 5.32 Å². The highest BCUT2D eigenvalue weighted by atomic mass is 16.6. The molecule has 1 N–H and O–H groups in total. The van der Waals surface area contributed by atoms with Gasteiger partial charge < -0.3 is 10.1 Å². The van der Waals surface area contributed by atoms with Crippen LogP contribution in [-0.2, 0) is 6.42 Å². The number of nitrogens with zero attached hydrogens (tertiary/aromatic N) is 1. The Hall–Kier alpha value is -1.62. The number of rotatable bonds is 6. The lowest BCUT2D eigenvalue weighted by molar-refractivity contribution is -0.385. The highest BCUT2D eigenvalue weighted by Gasteiger charge is 2.17. The summed E-state index contributed by atoms with van der Waals surface area (Å²) >= 11 is 0. The minimum absolute atomic E-state index is 0.0703. The minimum atomic E-state index is -0.368. The summed E-state index contributed by atoms with van der Waals surface area (Å²) < 4.78 is 5.62. The molecule has 0 aromatic heterocycles. The van der Waals surface area contributed by atoms with Crippen LogP contribution in [0.1, 0.15) is 38.2 Å². The van der Waals surface area contributed by atoms with Crippen molar-refractivity contribution in [2.45, 2.75) is 45.1 Å². The van der Waals surface area contributed by atoms with E-state index in [2.05, 4.69) is 5.32 Å². The standard InChI is InChI=1S/C15H22N2O3/c1-2-12-6-7-15(14(11-12)17(18)19)20-10-8-13-5-3-4-9-16-13/h6-7,11,13,16H,2-5,8-10H2,1H3. The Kier molecular flexibility index (Phi) is 5.35. The summed E-state index contributed by atoms with van der Waals surface area (Å²) in [6.45, 7) is 3.56. The van der Waals surface area contributed by atoms with E-state index in [1.807, 2.05) is 13.0 Å². The SMILES string of the molecule is CCc1ccc(OCCC2CCCCN2)c([N+](=O)[O-])c1. The molecule has 1 aliphatic rings. The van der Waals surface area contributed by atoms with E-state index in [9.17, 15) is 10.1 Å². The van der Waals surface area contributed by atoms with Crippen LogP contribution >= 0.6 is 0 Å². The summed E-state index contributed by atoms with van der Waals surface area (Å²) in [5.41, 5.74) is 1.03. The van der Waals surface area contributed by atoms with E-state index in [1.165, 1.54) is 19.3 Å². The Morgan fingerprint density at radius 2 is 2.30 bits per heavy atom. The summed E-state index contributed by atoms with van der Waals surface area (Å²) in [7, 11) is 0. The highest BCUT2D eigenvalue weighted by molar-refractivity contribution is 5.48. The fraction of sp³-hybridized carbons (Fsp3) is 0.600. The molecule has 1 heterocycles. The molecule has 0 radical (unpaired) electrons. The van der Waals surface area contributed by atoms with Crippen molar-refractivity contribution < 1.29 is 9.66 Å². The summed E-state index contributed by atoms with van der Waals surface area (Å²) in [4.78, 5) is 10.7. The molecule has 0 bridgehead atoms. The van der Waals surface area contributed by atoms with Crippen molar-refractivity contribution >= 4 is 5.69 Å². The van der Waals surface area contributed by atoms with Crippen LogP contribution < -0.4 is 10.1 Å². The maximum absolute atomic E-state index is 11.1. The number of nitro benzene ring substituents is 1. The van der Waals surface area contributed by atoms with E-state index >= 15 is 0 Å². The van der Waals surface area contributed by atoms with Gasteiger partial charge in [-0.15, -0.1) is 0 Å². The van der Waals surface area contributed by atoms with Gasteiger partial charge in [-0.25, -0.2) is 0 Å². The lowest BCUT2D eigenvalue weighted by atomic mass is 10.0. The molecule has 2 rings (SSSR count). The Morgan fingerprint density at radius 1 is 1.45 bits per heavy atom. The number of benzene rings is 1. The third-order valence-corrected chi connectivity index (χ3v) is 3.76. The fourth-order valence-electron chi connectivity index (χ4n) is 2.53. The van der Waals surface area contributed by atoms with Crippen molar-refractivity contribution in [3.63, 3.8) is 0 Å². The smallest absolute Gasteiger partial charge is 0.311 e. The molecule has 0 aliphatic carbocycles. The van der Waals surface area contributed by atoms with Crippen molar-refractivity contribution in [2.24, 2.45) is 0 Å².